The van der Waals surface area contributed by atoms with E-state index in [0.29, 0.717) is 13.2 Å². The molecule has 1 saturated heterocycles. The zero-order valence-corrected chi connectivity index (χ0v) is 7.12. The third-order valence-electron chi connectivity index (χ3n) is 1.71. The van der Waals surface area contributed by atoms with Crippen molar-refractivity contribution in [2.24, 2.45) is 0 Å². The zero-order chi connectivity index (χ0) is 8.27. The summed E-state index contributed by atoms with van der Waals surface area (Å²) in [5.74, 6) is 0. The van der Waals surface area contributed by atoms with Crippen LogP contribution < -0.4 is 0 Å². The SMILES string of the molecule is CC(C)O[C@@H]1CCOC[C@@H]1O. The molecule has 0 aromatic heterocycles. The molecule has 0 unspecified atom stereocenters. The first-order chi connectivity index (χ1) is 5.20. The smallest absolute Gasteiger partial charge is 0.104 e. The summed E-state index contributed by atoms with van der Waals surface area (Å²) in [5, 5.41) is 9.37. The minimum absolute atomic E-state index is 0.0243. The largest absolute Gasteiger partial charge is 0.388 e. The van der Waals surface area contributed by atoms with Gasteiger partial charge in [-0.1, -0.05) is 0 Å². The molecule has 1 rings (SSSR count). The minimum Gasteiger partial charge on any atom is -0.388 e. The molecule has 1 aliphatic heterocycles. The molecule has 0 bridgehead atoms. The Morgan fingerprint density at radius 3 is 2.82 bits per heavy atom. The molecule has 1 N–H and O–H groups in total. The van der Waals surface area contributed by atoms with Crippen molar-refractivity contribution in [1.82, 2.24) is 0 Å². The fraction of sp³-hybridized carbons (Fsp3) is 1.00. The molecule has 3 heteroatoms. The van der Waals surface area contributed by atoms with Crippen LogP contribution in [0.2, 0.25) is 0 Å². The van der Waals surface area contributed by atoms with E-state index in [4.69, 9.17) is 9.47 Å². The zero-order valence-electron chi connectivity index (χ0n) is 7.12. The minimum atomic E-state index is -0.439. The first-order valence-corrected chi connectivity index (χ1v) is 4.11. The lowest BCUT2D eigenvalue weighted by Crippen LogP contribution is -2.39. The summed E-state index contributed by atoms with van der Waals surface area (Å²) in [5.41, 5.74) is 0. The van der Waals surface area contributed by atoms with Gasteiger partial charge >= 0.3 is 0 Å². The van der Waals surface area contributed by atoms with Crippen LogP contribution in [-0.2, 0) is 9.47 Å². The van der Waals surface area contributed by atoms with Gasteiger partial charge in [-0.2, -0.15) is 0 Å². The summed E-state index contributed by atoms with van der Waals surface area (Å²) in [6.45, 7) is 5.07. The van der Waals surface area contributed by atoms with Crippen LogP contribution in [0.5, 0.6) is 0 Å². The Bertz CT molecular complexity index is 114. The maximum absolute atomic E-state index is 9.37. The van der Waals surface area contributed by atoms with Crippen LogP contribution in [0.15, 0.2) is 0 Å². The Labute approximate surface area is 67.3 Å². The highest BCUT2D eigenvalue weighted by Gasteiger charge is 2.24. The van der Waals surface area contributed by atoms with Gasteiger partial charge in [0.2, 0.25) is 0 Å². The lowest BCUT2D eigenvalue weighted by molar-refractivity contribution is -0.129. The molecular weight excluding hydrogens is 144 g/mol. The van der Waals surface area contributed by atoms with E-state index < -0.39 is 6.10 Å². The third-order valence-corrected chi connectivity index (χ3v) is 1.71. The molecule has 0 saturated carbocycles. The van der Waals surface area contributed by atoms with E-state index in [1.807, 2.05) is 13.8 Å². The molecule has 1 heterocycles. The number of aliphatic hydroxyl groups is 1. The quantitative estimate of drug-likeness (QED) is 0.641. The van der Waals surface area contributed by atoms with E-state index in [-0.39, 0.29) is 12.2 Å². The first-order valence-electron chi connectivity index (χ1n) is 4.11. The second kappa shape index (κ2) is 4.04. The van der Waals surface area contributed by atoms with Gasteiger partial charge in [-0.3, -0.25) is 0 Å². The van der Waals surface area contributed by atoms with Crippen molar-refractivity contribution in [3.8, 4) is 0 Å². The number of hydrogen-bond donors (Lipinski definition) is 1. The molecule has 1 fully saturated rings. The van der Waals surface area contributed by atoms with Crippen molar-refractivity contribution in [2.45, 2.75) is 38.6 Å². The van der Waals surface area contributed by atoms with E-state index in [1.54, 1.807) is 0 Å². The van der Waals surface area contributed by atoms with Crippen molar-refractivity contribution >= 4 is 0 Å². The Morgan fingerprint density at radius 1 is 1.55 bits per heavy atom. The predicted octanol–water partition coefficient (Wildman–Crippen LogP) is 0.561. The van der Waals surface area contributed by atoms with Crippen molar-refractivity contribution in [2.75, 3.05) is 13.2 Å². The summed E-state index contributed by atoms with van der Waals surface area (Å²) in [6, 6.07) is 0. The molecule has 1 aliphatic rings. The number of rotatable bonds is 2. The molecule has 0 amide bonds. The van der Waals surface area contributed by atoms with E-state index in [1.165, 1.54) is 0 Å². The van der Waals surface area contributed by atoms with E-state index in [0.717, 1.165) is 6.42 Å². The van der Waals surface area contributed by atoms with Crippen LogP contribution in [0, 0.1) is 0 Å². The van der Waals surface area contributed by atoms with E-state index in [9.17, 15) is 5.11 Å². The summed E-state index contributed by atoms with van der Waals surface area (Å²) < 4.78 is 10.5. The Balaban J connectivity index is 2.29. The van der Waals surface area contributed by atoms with Crippen molar-refractivity contribution in [3.63, 3.8) is 0 Å². The van der Waals surface area contributed by atoms with Crippen LogP contribution in [0.3, 0.4) is 0 Å². The van der Waals surface area contributed by atoms with Gasteiger partial charge in [-0.15, -0.1) is 0 Å². The van der Waals surface area contributed by atoms with Gasteiger partial charge in [0, 0.05) is 6.61 Å². The highest BCUT2D eigenvalue weighted by Crippen LogP contribution is 2.13. The molecule has 11 heavy (non-hydrogen) atoms. The summed E-state index contributed by atoms with van der Waals surface area (Å²) >= 11 is 0. The number of aliphatic hydroxyl groups excluding tert-OH is 1. The second-order valence-electron chi connectivity index (χ2n) is 3.15. The van der Waals surface area contributed by atoms with E-state index >= 15 is 0 Å². The average molecular weight is 160 g/mol. The Kier molecular flexibility index (Phi) is 3.30. The van der Waals surface area contributed by atoms with Gasteiger partial charge in [-0.05, 0) is 20.3 Å². The van der Waals surface area contributed by atoms with Gasteiger partial charge in [0.05, 0.1) is 18.8 Å². The fourth-order valence-corrected chi connectivity index (χ4v) is 1.21. The summed E-state index contributed by atoms with van der Waals surface area (Å²) in [6.07, 6.45) is 0.530. The molecule has 0 aromatic rings. The Morgan fingerprint density at radius 2 is 2.27 bits per heavy atom. The maximum atomic E-state index is 9.37. The number of hydrogen-bond acceptors (Lipinski definition) is 3. The van der Waals surface area contributed by atoms with Crippen LogP contribution >= 0.6 is 0 Å². The van der Waals surface area contributed by atoms with E-state index in [2.05, 4.69) is 0 Å². The third kappa shape index (κ3) is 2.77. The fourth-order valence-electron chi connectivity index (χ4n) is 1.21. The maximum Gasteiger partial charge on any atom is 0.104 e. The standard InChI is InChI=1S/C8H16O3/c1-6(2)11-8-3-4-10-5-7(8)9/h6-9H,3-5H2,1-2H3/t7-,8+/m0/s1. The topological polar surface area (TPSA) is 38.7 Å². The lowest BCUT2D eigenvalue weighted by atomic mass is 10.1. The molecule has 2 atom stereocenters. The average Bonchev–Trinajstić information content (AvgIpc) is 1.93. The molecule has 3 nitrogen and oxygen atoms in total. The first kappa shape index (κ1) is 8.97. The highest BCUT2D eigenvalue weighted by atomic mass is 16.5. The van der Waals surface area contributed by atoms with Crippen LogP contribution in [0.4, 0.5) is 0 Å². The van der Waals surface area contributed by atoms with Gasteiger partial charge in [-0.25, -0.2) is 0 Å². The molecular formula is C8H16O3. The molecule has 0 aromatic carbocycles. The van der Waals surface area contributed by atoms with Crippen molar-refractivity contribution < 1.29 is 14.6 Å². The van der Waals surface area contributed by atoms with Gasteiger partial charge in [0.15, 0.2) is 0 Å². The monoisotopic (exact) mass is 160 g/mol. The molecule has 0 aliphatic carbocycles. The van der Waals surface area contributed by atoms with Crippen LogP contribution in [-0.4, -0.2) is 36.6 Å². The van der Waals surface area contributed by atoms with Crippen molar-refractivity contribution in [1.29, 1.82) is 0 Å². The van der Waals surface area contributed by atoms with Crippen LogP contribution in [0.25, 0.3) is 0 Å². The van der Waals surface area contributed by atoms with Gasteiger partial charge in [0.25, 0.3) is 0 Å². The predicted molar refractivity (Wildman–Crippen MR) is 41.5 cm³/mol. The van der Waals surface area contributed by atoms with Crippen LogP contribution in [0.1, 0.15) is 20.3 Å². The summed E-state index contributed by atoms with van der Waals surface area (Å²) in [7, 11) is 0. The highest BCUT2D eigenvalue weighted by molar-refractivity contribution is 4.73. The summed E-state index contributed by atoms with van der Waals surface area (Å²) in [4.78, 5) is 0. The van der Waals surface area contributed by atoms with Crippen molar-refractivity contribution in [3.05, 3.63) is 0 Å². The lowest BCUT2D eigenvalue weighted by Gasteiger charge is -2.29. The van der Waals surface area contributed by atoms with Gasteiger partial charge in [0.1, 0.15) is 6.10 Å². The number of ether oxygens (including phenoxy) is 2. The molecule has 0 radical (unpaired) electrons. The molecule has 66 valence electrons. The molecule has 0 spiro atoms. The second-order valence-corrected chi connectivity index (χ2v) is 3.15. The van der Waals surface area contributed by atoms with Gasteiger partial charge < -0.3 is 14.6 Å². The Hall–Kier alpha value is -0.120. The normalized spacial score (nSPS) is 32.7.